The second-order valence-electron chi connectivity index (χ2n) is 7.36. The van der Waals surface area contributed by atoms with E-state index in [1.807, 2.05) is 39.0 Å². The van der Waals surface area contributed by atoms with Gasteiger partial charge in [-0.15, -0.1) is 11.3 Å². The van der Waals surface area contributed by atoms with Gasteiger partial charge in [0.1, 0.15) is 5.69 Å². The SMILES string of the molecule is COCCNC(=O)CCN(C(=O)c1csc(Nc2ccccc2Cl)n1)C(C)(C)C. The zero-order valence-electron chi connectivity index (χ0n) is 17.1. The van der Waals surface area contributed by atoms with Crippen LogP contribution in [0, 0.1) is 0 Å². The van der Waals surface area contributed by atoms with Gasteiger partial charge in [0.15, 0.2) is 5.13 Å². The normalized spacial score (nSPS) is 11.2. The Hall–Kier alpha value is -2.16. The molecule has 0 saturated carbocycles. The molecule has 158 valence electrons. The lowest BCUT2D eigenvalue weighted by atomic mass is 10.0. The standard InChI is InChI=1S/C20H27ClN4O3S/c1-20(2,3)25(11-9-17(26)22-10-12-28-4)18(27)16-13-29-19(24-16)23-15-8-6-5-7-14(15)21/h5-8,13H,9-12H2,1-4H3,(H,22,26)(H,23,24). The van der Waals surface area contributed by atoms with E-state index in [0.29, 0.717) is 35.5 Å². The molecular formula is C20H27ClN4O3S. The number of halogens is 1. The number of aromatic nitrogens is 1. The fraction of sp³-hybridized carbons (Fsp3) is 0.450. The van der Waals surface area contributed by atoms with Crippen molar-refractivity contribution in [3.8, 4) is 0 Å². The van der Waals surface area contributed by atoms with E-state index < -0.39 is 5.54 Å². The van der Waals surface area contributed by atoms with Gasteiger partial charge < -0.3 is 20.3 Å². The largest absolute Gasteiger partial charge is 0.383 e. The molecule has 0 aliphatic carbocycles. The number of para-hydroxylation sites is 1. The lowest BCUT2D eigenvalue weighted by Gasteiger charge is -2.35. The summed E-state index contributed by atoms with van der Waals surface area (Å²) >= 11 is 7.49. The predicted molar refractivity (Wildman–Crippen MR) is 117 cm³/mol. The zero-order chi connectivity index (χ0) is 21.4. The van der Waals surface area contributed by atoms with Crippen LogP contribution in [0.15, 0.2) is 29.6 Å². The van der Waals surface area contributed by atoms with Crippen molar-refractivity contribution in [3.05, 3.63) is 40.4 Å². The molecule has 2 N–H and O–H groups in total. The van der Waals surface area contributed by atoms with Crippen LogP contribution in [-0.2, 0) is 9.53 Å². The van der Waals surface area contributed by atoms with Gasteiger partial charge >= 0.3 is 0 Å². The molecule has 0 atom stereocenters. The Morgan fingerprint density at radius 2 is 2.00 bits per heavy atom. The first-order chi connectivity index (χ1) is 13.7. The number of nitrogens with one attached hydrogen (secondary N) is 2. The summed E-state index contributed by atoms with van der Waals surface area (Å²) in [7, 11) is 1.58. The number of rotatable bonds is 9. The van der Waals surface area contributed by atoms with E-state index in [0.717, 1.165) is 5.69 Å². The molecular weight excluding hydrogens is 412 g/mol. The van der Waals surface area contributed by atoms with Gasteiger partial charge in [0.2, 0.25) is 5.91 Å². The lowest BCUT2D eigenvalue weighted by Crippen LogP contribution is -2.47. The summed E-state index contributed by atoms with van der Waals surface area (Å²) in [4.78, 5) is 31.1. The van der Waals surface area contributed by atoms with Crippen molar-refractivity contribution in [1.82, 2.24) is 15.2 Å². The topological polar surface area (TPSA) is 83.6 Å². The van der Waals surface area contributed by atoms with Crippen molar-refractivity contribution in [2.24, 2.45) is 0 Å². The molecule has 9 heteroatoms. The minimum Gasteiger partial charge on any atom is -0.383 e. The summed E-state index contributed by atoms with van der Waals surface area (Å²) in [5, 5.41) is 8.76. The highest BCUT2D eigenvalue weighted by Crippen LogP contribution is 2.28. The van der Waals surface area contributed by atoms with Gasteiger partial charge in [-0.25, -0.2) is 4.98 Å². The van der Waals surface area contributed by atoms with Crippen LogP contribution in [-0.4, -0.2) is 54.0 Å². The number of methoxy groups -OCH3 is 1. The molecule has 0 saturated heterocycles. The molecule has 0 spiro atoms. The highest BCUT2D eigenvalue weighted by atomic mass is 35.5. The maximum atomic E-state index is 13.1. The number of ether oxygens (including phenoxy) is 1. The highest BCUT2D eigenvalue weighted by molar-refractivity contribution is 7.14. The summed E-state index contributed by atoms with van der Waals surface area (Å²) in [5.41, 5.74) is 0.603. The number of benzene rings is 1. The number of carbonyl (C=O) groups excluding carboxylic acids is 2. The molecule has 1 aromatic heterocycles. The second-order valence-corrected chi connectivity index (χ2v) is 8.63. The number of hydrogen-bond acceptors (Lipinski definition) is 6. The fourth-order valence-corrected chi connectivity index (χ4v) is 3.46. The van der Waals surface area contributed by atoms with Gasteiger partial charge in [-0.2, -0.15) is 0 Å². The number of hydrogen-bond donors (Lipinski definition) is 2. The van der Waals surface area contributed by atoms with Gasteiger partial charge in [0.05, 0.1) is 17.3 Å². The first kappa shape index (κ1) is 23.1. The maximum absolute atomic E-state index is 13.1. The second kappa shape index (κ2) is 10.6. The van der Waals surface area contributed by atoms with Gasteiger partial charge in [-0.1, -0.05) is 23.7 Å². The maximum Gasteiger partial charge on any atom is 0.273 e. The minimum absolute atomic E-state index is 0.122. The van der Waals surface area contributed by atoms with Gasteiger partial charge in [0, 0.05) is 37.5 Å². The molecule has 2 rings (SSSR count). The Bertz CT molecular complexity index is 835. The van der Waals surface area contributed by atoms with E-state index in [1.165, 1.54) is 11.3 Å². The number of amides is 2. The van der Waals surface area contributed by atoms with E-state index in [2.05, 4.69) is 15.6 Å². The van der Waals surface area contributed by atoms with Crippen LogP contribution in [0.4, 0.5) is 10.8 Å². The van der Waals surface area contributed by atoms with Gasteiger partial charge in [0.25, 0.3) is 5.91 Å². The monoisotopic (exact) mass is 438 g/mol. The number of carbonyl (C=O) groups is 2. The molecule has 1 aromatic carbocycles. The molecule has 2 amide bonds. The van der Waals surface area contributed by atoms with Crippen molar-refractivity contribution in [2.45, 2.75) is 32.7 Å². The molecule has 0 radical (unpaired) electrons. The average Bonchev–Trinajstić information content (AvgIpc) is 3.11. The van der Waals surface area contributed by atoms with Crippen molar-refractivity contribution in [3.63, 3.8) is 0 Å². The van der Waals surface area contributed by atoms with Crippen LogP contribution in [0.1, 0.15) is 37.7 Å². The van der Waals surface area contributed by atoms with Crippen LogP contribution in [0.5, 0.6) is 0 Å². The molecule has 7 nitrogen and oxygen atoms in total. The molecule has 0 bridgehead atoms. The molecule has 29 heavy (non-hydrogen) atoms. The summed E-state index contributed by atoms with van der Waals surface area (Å²) in [6.45, 7) is 7.00. The molecule has 2 aromatic rings. The van der Waals surface area contributed by atoms with Crippen LogP contribution >= 0.6 is 22.9 Å². The Labute approximate surface area is 180 Å². The fourth-order valence-electron chi connectivity index (χ4n) is 2.58. The van der Waals surface area contributed by atoms with Crippen LogP contribution < -0.4 is 10.6 Å². The summed E-state index contributed by atoms with van der Waals surface area (Å²) in [5.74, 6) is -0.339. The van der Waals surface area contributed by atoms with Crippen LogP contribution in [0.3, 0.4) is 0 Å². The third kappa shape index (κ3) is 6.99. The van der Waals surface area contributed by atoms with E-state index in [1.54, 1.807) is 23.5 Å². The van der Waals surface area contributed by atoms with Gasteiger partial charge in [-0.3, -0.25) is 9.59 Å². The number of thiazole rings is 1. The summed E-state index contributed by atoms with van der Waals surface area (Å²) in [6, 6.07) is 7.33. The number of anilines is 2. The number of nitrogens with zero attached hydrogens (tertiary/aromatic N) is 2. The van der Waals surface area contributed by atoms with Crippen molar-refractivity contribution in [2.75, 3.05) is 32.1 Å². The quantitative estimate of drug-likeness (QED) is 0.579. The third-order valence-corrected chi connectivity index (χ3v) is 5.17. The minimum atomic E-state index is -0.455. The van der Waals surface area contributed by atoms with E-state index >= 15 is 0 Å². The Morgan fingerprint density at radius 1 is 1.28 bits per heavy atom. The van der Waals surface area contributed by atoms with Gasteiger partial charge in [-0.05, 0) is 32.9 Å². The average molecular weight is 439 g/mol. The first-order valence-corrected chi connectivity index (χ1v) is 10.5. The van der Waals surface area contributed by atoms with E-state index in [4.69, 9.17) is 16.3 Å². The van der Waals surface area contributed by atoms with Crippen LogP contribution in [0.25, 0.3) is 0 Å². The molecule has 0 unspecified atom stereocenters. The Kier molecular flexibility index (Phi) is 8.43. The zero-order valence-corrected chi connectivity index (χ0v) is 18.7. The van der Waals surface area contributed by atoms with Crippen molar-refractivity contribution in [1.29, 1.82) is 0 Å². The molecule has 1 heterocycles. The molecule has 0 aliphatic rings. The lowest BCUT2D eigenvalue weighted by molar-refractivity contribution is -0.121. The summed E-state index contributed by atoms with van der Waals surface area (Å²) in [6.07, 6.45) is 0.210. The van der Waals surface area contributed by atoms with Crippen LogP contribution in [0.2, 0.25) is 5.02 Å². The molecule has 0 aliphatic heterocycles. The predicted octanol–water partition coefficient (Wildman–Crippen LogP) is 3.93. The first-order valence-electron chi connectivity index (χ1n) is 9.27. The third-order valence-electron chi connectivity index (χ3n) is 4.08. The molecule has 0 fully saturated rings. The smallest absolute Gasteiger partial charge is 0.273 e. The Balaban J connectivity index is 2.05. The highest BCUT2D eigenvalue weighted by Gasteiger charge is 2.29. The van der Waals surface area contributed by atoms with E-state index in [9.17, 15) is 9.59 Å². The van der Waals surface area contributed by atoms with E-state index in [-0.39, 0.29) is 18.2 Å². The van der Waals surface area contributed by atoms with Crippen molar-refractivity contribution >= 4 is 45.6 Å². The van der Waals surface area contributed by atoms with Crippen molar-refractivity contribution < 1.29 is 14.3 Å². The Morgan fingerprint density at radius 3 is 2.66 bits per heavy atom. The summed E-state index contributed by atoms with van der Waals surface area (Å²) < 4.78 is 4.92.